The van der Waals surface area contributed by atoms with Gasteiger partial charge in [-0.05, 0) is 31.7 Å². The van der Waals surface area contributed by atoms with Crippen molar-refractivity contribution in [2.24, 2.45) is 5.92 Å². The van der Waals surface area contributed by atoms with Crippen molar-refractivity contribution in [3.8, 4) is 16.9 Å². The van der Waals surface area contributed by atoms with Crippen LogP contribution in [0.4, 0.5) is 0 Å². The number of ketones is 1. The highest BCUT2D eigenvalue weighted by atomic mass is 16.3. The van der Waals surface area contributed by atoms with Gasteiger partial charge in [0, 0.05) is 17.7 Å². The Morgan fingerprint density at radius 2 is 1.92 bits per heavy atom. The van der Waals surface area contributed by atoms with Crippen molar-refractivity contribution in [3.63, 3.8) is 0 Å². The predicted octanol–water partition coefficient (Wildman–Crippen LogP) is 5.09. The van der Waals surface area contributed by atoms with Crippen molar-refractivity contribution in [2.45, 2.75) is 46.0 Å². The van der Waals surface area contributed by atoms with Crippen LogP contribution in [0.5, 0.6) is 5.75 Å². The largest absolute Gasteiger partial charge is 0.506 e. The van der Waals surface area contributed by atoms with E-state index in [0.717, 1.165) is 31.2 Å². The molecule has 1 aromatic heterocycles. The monoisotopic (exact) mass is 353 g/mol. The maximum absolute atomic E-state index is 12.7. The maximum atomic E-state index is 12.7. The first-order valence-electron chi connectivity index (χ1n) is 9.21. The number of unbranched alkanes of at least 4 members (excludes halogenated alkanes) is 3. The number of aromatic amines is 1. The van der Waals surface area contributed by atoms with Crippen molar-refractivity contribution in [1.29, 1.82) is 0 Å². The molecule has 2 aromatic rings. The summed E-state index contributed by atoms with van der Waals surface area (Å²) in [4.78, 5) is 27.5. The third-order valence-corrected chi connectivity index (χ3v) is 4.59. The summed E-state index contributed by atoms with van der Waals surface area (Å²) in [7, 11) is 0. The van der Waals surface area contributed by atoms with Gasteiger partial charge in [0.25, 0.3) is 5.56 Å². The summed E-state index contributed by atoms with van der Waals surface area (Å²) in [6.07, 6.45) is 10.5. The van der Waals surface area contributed by atoms with Crippen molar-refractivity contribution in [1.82, 2.24) is 4.98 Å². The van der Waals surface area contributed by atoms with Crippen LogP contribution >= 0.6 is 0 Å². The van der Waals surface area contributed by atoms with Gasteiger partial charge in [0.1, 0.15) is 11.3 Å². The standard InChI is InChI=1S/C22H27NO3/c1-3-4-5-6-7-9-12-16(2)20(24)19-21(25)18(15-23-22(19)26)17-13-10-8-11-14-17/h3-4,8,10-11,13-16H,5-7,9,12H2,1-2H3,(H2,23,25,26)/b4-3+/t16-/m0/s1. The lowest BCUT2D eigenvalue weighted by molar-refractivity contribution is 0.0918. The molecule has 2 rings (SSSR count). The van der Waals surface area contributed by atoms with E-state index in [1.807, 2.05) is 50.3 Å². The minimum absolute atomic E-state index is 0.132. The lowest BCUT2D eigenvalue weighted by Crippen LogP contribution is -2.22. The van der Waals surface area contributed by atoms with E-state index in [0.29, 0.717) is 12.0 Å². The molecule has 4 nitrogen and oxygen atoms in total. The summed E-state index contributed by atoms with van der Waals surface area (Å²) in [5, 5.41) is 10.6. The van der Waals surface area contributed by atoms with E-state index in [1.54, 1.807) is 0 Å². The second-order valence-corrected chi connectivity index (χ2v) is 6.59. The van der Waals surface area contributed by atoms with Crippen molar-refractivity contribution in [3.05, 3.63) is 64.6 Å². The van der Waals surface area contributed by atoms with E-state index in [1.165, 1.54) is 6.20 Å². The Morgan fingerprint density at radius 1 is 1.19 bits per heavy atom. The molecule has 2 N–H and O–H groups in total. The minimum Gasteiger partial charge on any atom is -0.506 e. The normalized spacial score (nSPS) is 12.4. The fourth-order valence-corrected chi connectivity index (χ4v) is 3.02. The number of H-pyrrole nitrogens is 1. The van der Waals surface area contributed by atoms with Crippen LogP contribution in [0.1, 0.15) is 56.3 Å². The number of aromatic hydroxyl groups is 1. The predicted molar refractivity (Wildman–Crippen MR) is 106 cm³/mol. The number of Topliss-reactive ketones (excluding diaryl/α,β-unsaturated/α-hetero) is 1. The number of carbonyl (C=O) groups is 1. The van der Waals surface area contributed by atoms with Gasteiger partial charge in [0.05, 0.1) is 0 Å². The molecule has 0 bridgehead atoms. The maximum Gasteiger partial charge on any atom is 0.262 e. The Balaban J connectivity index is 2.12. The topological polar surface area (TPSA) is 70.2 Å². The summed E-state index contributed by atoms with van der Waals surface area (Å²) < 4.78 is 0. The van der Waals surface area contributed by atoms with Gasteiger partial charge in [0.15, 0.2) is 5.78 Å². The van der Waals surface area contributed by atoms with E-state index >= 15 is 0 Å². The Hall–Kier alpha value is -2.62. The number of carbonyl (C=O) groups excluding carboxylic acids is 1. The second-order valence-electron chi connectivity index (χ2n) is 6.59. The number of nitrogens with one attached hydrogen (secondary N) is 1. The lowest BCUT2D eigenvalue weighted by atomic mass is 9.92. The van der Waals surface area contributed by atoms with E-state index in [-0.39, 0.29) is 23.0 Å². The molecule has 0 amide bonds. The van der Waals surface area contributed by atoms with Crippen LogP contribution in [0.2, 0.25) is 0 Å². The van der Waals surface area contributed by atoms with Crippen LogP contribution in [0.3, 0.4) is 0 Å². The highest BCUT2D eigenvalue weighted by molar-refractivity contribution is 6.01. The van der Waals surface area contributed by atoms with Gasteiger partial charge in [-0.3, -0.25) is 9.59 Å². The number of aromatic nitrogens is 1. The van der Waals surface area contributed by atoms with Gasteiger partial charge in [-0.25, -0.2) is 0 Å². The molecular weight excluding hydrogens is 326 g/mol. The Labute approximate surface area is 154 Å². The molecule has 0 aliphatic heterocycles. The molecule has 1 aromatic carbocycles. The molecule has 1 atom stereocenters. The molecule has 0 aliphatic rings. The molecule has 0 saturated heterocycles. The molecule has 1 heterocycles. The van der Waals surface area contributed by atoms with Gasteiger partial charge >= 0.3 is 0 Å². The van der Waals surface area contributed by atoms with Crippen LogP contribution in [0.25, 0.3) is 11.1 Å². The zero-order valence-electron chi connectivity index (χ0n) is 15.5. The van der Waals surface area contributed by atoms with Crippen LogP contribution in [-0.4, -0.2) is 15.9 Å². The Bertz CT molecular complexity index is 806. The average molecular weight is 353 g/mol. The van der Waals surface area contributed by atoms with Gasteiger partial charge < -0.3 is 10.1 Å². The summed E-state index contributed by atoms with van der Waals surface area (Å²) >= 11 is 0. The van der Waals surface area contributed by atoms with Gasteiger partial charge in [-0.15, -0.1) is 0 Å². The summed E-state index contributed by atoms with van der Waals surface area (Å²) in [6, 6.07) is 9.22. The number of allylic oxidation sites excluding steroid dienone is 2. The van der Waals surface area contributed by atoms with E-state index < -0.39 is 5.56 Å². The lowest BCUT2D eigenvalue weighted by Gasteiger charge is -2.13. The first-order chi connectivity index (χ1) is 12.6. The highest BCUT2D eigenvalue weighted by Gasteiger charge is 2.24. The SMILES string of the molecule is C/C=C/CCCCC[C@H](C)C(=O)c1c(O)c(-c2ccccc2)c[nH]c1=O. The number of benzene rings is 1. The van der Waals surface area contributed by atoms with Gasteiger partial charge in [0.2, 0.25) is 0 Å². The highest BCUT2D eigenvalue weighted by Crippen LogP contribution is 2.31. The van der Waals surface area contributed by atoms with E-state index in [2.05, 4.69) is 11.1 Å². The van der Waals surface area contributed by atoms with Crippen molar-refractivity contribution >= 4 is 5.78 Å². The average Bonchev–Trinajstić information content (AvgIpc) is 2.65. The molecule has 4 heteroatoms. The third-order valence-electron chi connectivity index (χ3n) is 4.59. The molecule has 0 unspecified atom stereocenters. The summed E-state index contributed by atoms with van der Waals surface area (Å²) in [5.41, 5.74) is 0.555. The van der Waals surface area contributed by atoms with Crippen LogP contribution in [0.15, 0.2) is 53.5 Å². The Morgan fingerprint density at radius 3 is 2.62 bits per heavy atom. The van der Waals surface area contributed by atoms with E-state index in [4.69, 9.17) is 0 Å². The zero-order valence-corrected chi connectivity index (χ0v) is 15.5. The molecule has 26 heavy (non-hydrogen) atoms. The Kier molecular flexibility index (Phi) is 7.39. The smallest absolute Gasteiger partial charge is 0.262 e. The van der Waals surface area contributed by atoms with Gasteiger partial charge in [-0.1, -0.05) is 62.2 Å². The number of rotatable bonds is 9. The summed E-state index contributed by atoms with van der Waals surface area (Å²) in [5.74, 6) is -0.824. The number of pyridine rings is 1. The minimum atomic E-state index is -0.535. The number of hydrogen-bond acceptors (Lipinski definition) is 3. The van der Waals surface area contributed by atoms with E-state index in [9.17, 15) is 14.7 Å². The molecule has 0 fully saturated rings. The summed E-state index contributed by atoms with van der Waals surface area (Å²) in [6.45, 7) is 3.83. The van der Waals surface area contributed by atoms with Crippen molar-refractivity contribution in [2.75, 3.05) is 0 Å². The fourth-order valence-electron chi connectivity index (χ4n) is 3.02. The van der Waals surface area contributed by atoms with Crippen LogP contribution < -0.4 is 5.56 Å². The fraction of sp³-hybridized carbons (Fsp3) is 0.364. The molecule has 0 spiro atoms. The zero-order chi connectivity index (χ0) is 18.9. The van der Waals surface area contributed by atoms with Crippen molar-refractivity contribution < 1.29 is 9.90 Å². The first-order valence-corrected chi connectivity index (χ1v) is 9.21. The van der Waals surface area contributed by atoms with Crippen LogP contribution in [0, 0.1) is 5.92 Å². The molecular formula is C22H27NO3. The second kappa shape index (κ2) is 9.76. The van der Waals surface area contributed by atoms with Crippen LogP contribution in [-0.2, 0) is 0 Å². The van der Waals surface area contributed by atoms with Gasteiger partial charge in [-0.2, -0.15) is 0 Å². The number of hydrogen-bond donors (Lipinski definition) is 2. The third kappa shape index (κ3) is 4.94. The quantitative estimate of drug-likeness (QED) is 0.375. The molecule has 0 saturated carbocycles. The molecule has 0 radical (unpaired) electrons. The first kappa shape index (κ1) is 19.7. The molecule has 138 valence electrons. The molecule has 0 aliphatic carbocycles.